The van der Waals surface area contributed by atoms with Gasteiger partial charge in [-0.3, -0.25) is 0 Å². The average molecular weight is 229 g/mol. The van der Waals surface area contributed by atoms with Crippen molar-refractivity contribution in [3.63, 3.8) is 0 Å². The number of hydrogen-bond donors (Lipinski definition) is 1. The van der Waals surface area contributed by atoms with Crippen LogP contribution in [0, 0.1) is 6.92 Å². The summed E-state index contributed by atoms with van der Waals surface area (Å²) in [6.45, 7) is 2.02. The lowest BCUT2D eigenvalue weighted by molar-refractivity contribution is 0.281. The normalized spacial score (nSPS) is 10.3. The summed E-state index contributed by atoms with van der Waals surface area (Å²) >= 11 is 0. The van der Waals surface area contributed by atoms with Gasteiger partial charge in [0, 0.05) is 30.7 Å². The van der Waals surface area contributed by atoms with Gasteiger partial charge in [-0.05, 0) is 18.6 Å². The number of aliphatic hydroxyl groups is 1. The van der Waals surface area contributed by atoms with Gasteiger partial charge < -0.3 is 10.0 Å². The van der Waals surface area contributed by atoms with Crippen molar-refractivity contribution in [3.8, 4) is 0 Å². The quantitative estimate of drug-likeness (QED) is 0.875. The third-order valence-corrected chi connectivity index (χ3v) is 2.65. The average Bonchev–Trinajstić information content (AvgIpc) is 2.39. The van der Waals surface area contributed by atoms with Crippen LogP contribution in [0.2, 0.25) is 0 Å². The highest BCUT2D eigenvalue weighted by Gasteiger charge is 2.08. The largest absolute Gasteiger partial charge is 0.392 e. The second-order valence-electron chi connectivity index (χ2n) is 3.89. The molecule has 0 spiro atoms. The predicted octanol–water partition coefficient (Wildman–Crippen LogP) is 2.05. The molecule has 0 aliphatic rings. The van der Waals surface area contributed by atoms with Crippen LogP contribution in [0.1, 0.15) is 11.1 Å². The Morgan fingerprint density at radius 1 is 1.18 bits per heavy atom. The van der Waals surface area contributed by atoms with Gasteiger partial charge in [0.1, 0.15) is 0 Å². The monoisotopic (exact) mass is 229 g/mol. The summed E-state index contributed by atoms with van der Waals surface area (Å²) in [4.78, 5) is 10.4. The van der Waals surface area contributed by atoms with Gasteiger partial charge in [0.15, 0.2) is 0 Å². The predicted molar refractivity (Wildman–Crippen MR) is 67.2 cm³/mol. The van der Waals surface area contributed by atoms with E-state index in [0.717, 1.165) is 5.69 Å². The molecule has 0 atom stereocenters. The van der Waals surface area contributed by atoms with Crippen LogP contribution in [0.4, 0.5) is 11.6 Å². The van der Waals surface area contributed by atoms with Crippen LogP contribution < -0.4 is 4.90 Å². The van der Waals surface area contributed by atoms with Crippen LogP contribution in [0.15, 0.2) is 36.7 Å². The molecule has 0 amide bonds. The minimum Gasteiger partial charge on any atom is -0.392 e. The number of anilines is 2. The first-order valence-corrected chi connectivity index (χ1v) is 5.43. The zero-order valence-electron chi connectivity index (χ0n) is 9.96. The van der Waals surface area contributed by atoms with Crippen LogP contribution in [-0.2, 0) is 6.61 Å². The lowest BCUT2D eigenvalue weighted by atomic mass is 10.2. The molecule has 17 heavy (non-hydrogen) atoms. The summed E-state index contributed by atoms with van der Waals surface area (Å²) in [5.41, 5.74) is 2.96. The highest BCUT2D eigenvalue weighted by atomic mass is 16.3. The first-order valence-electron chi connectivity index (χ1n) is 5.43. The summed E-state index contributed by atoms with van der Waals surface area (Å²) < 4.78 is 0. The van der Waals surface area contributed by atoms with Crippen LogP contribution in [0.25, 0.3) is 0 Å². The number of aromatic nitrogens is 2. The van der Waals surface area contributed by atoms with Crippen molar-refractivity contribution in [2.24, 2.45) is 0 Å². The maximum absolute atomic E-state index is 8.93. The summed E-state index contributed by atoms with van der Waals surface area (Å²) in [5, 5.41) is 8.93. The summed E-state index contributed by atoms with van der Waals surface area (Å²) in [5.74, 6) is 0.622. The number of aryl methyl sites for hydroxylation is 1. The number of aliphatic hydroxyl groups excluding tert-OH is 1. The van der Waals surface area contributed by atoms with E-state index in [-0.39, 0.29) is 6.61 Å². The van der Waals surface area contributed by atoms with Crippen molar-refractivity contribution in [2.75, 3.05) is 11.9 Å². The first kappa shape index (κ1) is 11.5. The van der Waals surface area contributed by atoms with Gasteiger partial charge in [0.25, 0.3) is 0 Å². The molecule has 0 aliphatic heterocycles. The number of benzene rings is 1. The van der Waals surface area contributed by atoms with Crippen LogP contribution in [0.3, 0.4) is 0 Å². The molecule has 1 aromatic carbocycles. The highest BCUT2D eigenvalue weighted by Crippen LogP contribution is 2.23. The van der Waals surface area contributed by atoms with Crippen molar-refractivity contribution in [3.05, 3.63) is 47.8 Å². The number of para-hydroxylation sites is 1. The first-order chi connectivity index (χ1) is 8.22. The van der Waals surface area contributed by atoms with Gasteiger partial charge in [0.2, 0.25) is 5.95 Å². The maximum atomic E-state index is 8.93. The lowest BCUT2D eigenvalue weighted by Gasteiger charge is -2.19. The van der Waals surface area contributed by atoms with E-state index >= 15 is 0 Å². The lowest BCUT2D eigenvalue weighted by Crippen LogP contribution is -2.14. The summed E-state index contributed by atoms with van der Waals surface area (Å²) in [7, 11) is 1.93. The molecule has 4 nitrogen and oxygen atoms in total. The van der Waals surface area contributed by atoms with Crippen LogP contribution >= 0.6 is 0 Å². The molecule has 0 aliphatic carbocycles. The van der Waals surface area contributed by atoms with Gasteiger partial charge in [-0.25, -0.2) is 9.97 Å². The summed E-state index contributed by atoms with van der Waals surface area (Å²) in [6, 6.07) is 8.07. The molecule has 0 bridgehead atoms. The minimum absolute atomic E-state index is 0.0334. The Hall–Kier alpha value is -1.94. The smallest absolute Gasteiger partial charge is 0.229 e. The molecule has 1 N–H and O–H groups in total. The molecular formula is C13H15N3O. The number of rotatable bonds is 3. The van der Waals surface area contributed by atoms with Crippen molar-refractivity contribution in [1.29, 1.82) is 0 Å². The maximum Gasteiger partial charge on any atom is 0.229 e. The van der Waals surface area contributed by atoms with Crippen LogP contribution in [-0.4, -0.2) is 22.1 Å². The van der Waals surface area contributed by atoms with E-state index in [1.54, 1.807) is 12.4 Å². The van der Waals surface area contributed by atoms with E-state index in [9.17, 15) is 0 Å². The van der Waals surface area contributed by atoms with Gasteiger partial charge in [-0.15, -0.1) is 0 Å². The zero-order chi connectivity index (χ0) is 12.3. The minimum atomic E-state index is -0.0334. The van der Waals surface area contributed by atoms with Gasteiger partial charge >= 0.3 is 0 Å². The van der Waals surface area contributed by atoms with Crippen molar-refractivity contribution < 1.29 is 5.11 Å². The molecule has 0 saturated carbocycles. The van der Waals surface area contributed by atoms with Crippen molar-refractivity contribution in [1.82, 2.24) is 9.97 Å². The second kappa shape index (κ2) is 4.93. The Kier molecular flexibility index (Phi) is 3.35. The molecule has 2 rings (SSSR count). The van der Waals surface area contributed by atoms with E-state index in [1.807, 2.05) is 43.1 Å². The molecule has 4 heteroatoms. The molecule has 2 aromatic rings. The molecular weight excluding hydrogens is 214 g/mol. The molecule has 1 aromatic heterocycles. The Balaban J connectivity index is 2.30. The fourth-order valence-corrected chi connectivity index (χ4v) is 1.65. The molecule has 0 unspecified atom stereocenters. The van der Waals surface area contributed by atoms with Gasteiger partial charge in [0.05, 0.1) is 6.61 Å². The topological polar surface area (TPSA) is 49.2 Å². The van der Waals surface area contributed by atoms with Gasteiger partial charge in [-0.1, -0.05) is 18.2 Å². The van der Waals surface area contributed by atoms with E-state index in [1.165, 1.54) is 5.56 Å². The molecule has 88 valence electrons. The van der Waals surface area contributed by atoms with Crippen molar-refractivity contribution in [2.45, 2.75) is 13.5 Å². The van der Waals surface area contributed by atoms with E-state index < -0.39 is 0 Å². The molecule has 0 radical (unpaired) electrons. The standard InChI is InChI=1S/C13H15N3O/c1-10-5-3-4-6-12(10)16(2)13-14-7-11(9-17)8-15-13/h3-8,17H,9H2,1-2H3. The fourth-order valence-electron chi connectivity index (χ4n) is 1.65. The van der Waals surface area contributed by atoms with Crippen molar-refractivity contribution >= 4 is 11.6 Å². The molecule has 1 heterocycles. The Bertz CT molecular complexity index is 496. The highest BCUT2D eigenvalue weighted by molar-refractivity contribution is 5.60. The molecule has 0 saturated heterocycles. The molecule has 0 fully saturated rings. The van der Waals surface area contributed by atoms with E-state index in [2.05, 4.69) is 9.97 Å². The van der Waals surface area contributed by atoms with Crippen LogP contribution in [0.5, 0.6) is 0 Å². The zero-order valence-corrected chi connectivity index (χ0v) is 9.96. The third kappa shape index (κ3) is 2.42. The fraction of sp³-hybridized carbons (Fsp3) is 0.231. The Morgan fingerprint density at radius 3 is 2.41 bits per heavy atom. The van der Waals surface area contributed by atoms with E-state index in [4.69, 9.17) is 5.11 Å². The van der Waals surface area contributed by atoms with E-state index in [0.29, 0.717) is 11.5 Å². The van der Waals surface area contributed by atoms with Gasteiger partial charge in [-0.2, -0.15) is 0 Å². The SMILES string of the molecule is Cc1ccccc1N(C)c1ncc(CO)cn1. The third-order valence-electron chi connectivity index (χ3n) is 2.65. The number of nitrogens with zero attached hydrogens (tertiary/aromatic N) is 3. The summed E-state index contributed by atoms with van der Waals surface area (Å²) in [6.07, 6.45) is 3.27. The second-order valence-corrected chi connectivity index (χ2v) is 3.89. The Morgan fingerprint density at radius 2 is 1.82 bits per heavy atom. The number of hydrogen-bond acceptors (Lipinski definition) is 4. The Labute approximate surface area is 101 Å².